The van der Waals surface area contributed by atoms with Crippen molar-refractivity contribution in [1.29, 1.82) is 0 Å². The summed E-state index contributed by atoms with van der Waals surface area (Å²) in [6.45, 7) is 2.24. The van der Waals surface area contributed by atoms with Crippen molar-refractivity contribution in [2.45, 2.75) is 19.3 Å². The van der Waals surface area contributed by atoms with Crippen LogP contribution >= 0.6 is 22.7 Å². The zero-order valence-electron chi connectivity index (χ0n) is 17.4. The molecular weight excluding hydrogens is 446 g/mol. The van der Waals surface area contributed by atoms with E-state index < -0.39 is 5.91 Å². The summed E-state index contributed by atoms with van der Waals surface area (Å²) in [5, 5.41) is 16.5. The number of nitrogens with two attached hydrogens (primary N) is 1. The summed E-state index contributed by atoms with van der Waals surface area (Å²) in [6, 6.07) is 8.89. The van der Waals surface area contributed by atoms with Gasteiger partial charge in [-0.05, 0) is 61.4 Å². The van der Waals surface area contributed by atoms with Gasteiger partial charge in [0.2, 0.25) is 0 Å². The highest BCUT2D eigenvalue weighted by atomic mass is 32.1. The van der Waals surface area contributed by atoms with Crippen LogP contribution in [0.25, 0.3) is 9.88 Å². The fourth-order valence-corrected chi connectivity index (χ4v) is 5.55. The predicted molar refractivity (Wildman–Crippen MR) is 128 cm³/mol. The minimum Gasteiger partial charge on any atom is -0.370 e. The Morgan fingerprint density at radius 3 is 2.88 bits per heavy atom. The lowest BCUT2D eigenvalue weighted by Crippen LogP contribution is -2.37. The summed E-state index contributed by atoms with van der Waals surface area (Å²) >= 11 is 3.01. The quantitative estimate of drug-likeness (QED) is 0.307. The number of thiophene rings is 1. The Morgan fingerprint density at radius 1 is 1.25 bits per heavy atom. The molecule has 0 spiro atoms. The molecule has 1 aliphatic rings. The lowest BCUT2D eigenvalue weighted by atomic mass is 9.94. The highest BCUT2D eigenvalue weighted by Gasteiger charge is 2.24. The maximum atomic E-state index is 13.0. The molecule has 168 valence electrons. The number of piperidine rings is 1. The predicted octanol–water partition coefficient (Wildman–Crippen LogP) is 3.81. The van der Waals surface area contributed by atoms with Crippen molar-refractivity contribution in [3.63, 3.8) is 0 Å². The number of anilines is 2. The van der Waals surface area contributed by atoms with Crippen molar-refractivity contribution >= 4 is 45.9 Å². The van der Waals surface area contributed by atoms with Crippen molar-refractivity contribution in [1.82, 2.24) is 10.5 Å². The molecule has 1 saturated heterocycles. The number of aromatic nitrogens is 1. The SMILES string of the molecule is NCCC1CCCN(c2cc(C(=O)NO)ccc2NC(=O)c2csc(-c3cccs3)n2)C1. The van der Waals surface area contributed by atoms with Crippen LogP contribution in [0.2, 0.25) is 0 Å². The first-order chi connectivity index (χ1) is 15.6. The van der Waals surface area contributed by atoms with Crippen LogP contribution in [0.5, 0.6) is 0 Å². The Balaban J connectivity index is 1.59. The van der Waals surface area contributed by atoms with E-state index in [0.29, 0.717) is 29.4 Å². The van der Waals surface area contributed by atoms with Gasteiger partial charge in [-0.1, -0.05) is 6.07 Å². The van der Waals surface area contributed by atoms with Gasteiger partial charge in [0, 0.05) is 24.0 Å². The number of hydrogen-bond donors (Lipinski definition) is 4. The number of nitrogens with one attached hydrogen (secondary N) is 2. The summed E-state index contributed by atoms with van der Waals surface area (Å²) < 4.78 is 0. The first-order valence-electron chi connectivity index (χ1n) is 10.4. The van der Waals surface area contributed by atoms with Gasteiger partial charge in [-0.15, -0.1) is 22.7 Å². The Hall–Kier alpha value is -2.79. The summed E-state index contributed by atoms with van der Waals surface area (Å²) in [5.41, 5.74) is 9.44. The summed E-state index contributed by atoms with van der Waals surface area (Å²) in [6.07, 6.45) is 3.04. The van der Waals surface area contributed by atoms with E-state index in [9.17, 15) is 9.59 Å². The maximum Gasteiger partial charge on any atom is 0.275 e. The first kappa shape index (κ1) is 22.4. The topological polar surface area (TPSA) is 121 Å². The molecule has 3 heterocycles. The number of hydroxylamine groups is 1. The monoisotopic (exact) mass is 471 g/mol. The fourth-order valence-electron chi connectivity index (χ4n) is 3.94. The third-order valence-corrected chi connectivity index (χ3v) is 7.39. The maximum absolute atomic E-state index is 13.0. The molecule has 5 N–H and O–H groups in total. The third kappa shape index (κ3) is 4.99. The molecule has 1 aliphatic heterocycles. The van der Waals surface area contributed by atoms with E-state index >= 15 is 0 Å². The highest BCUT2D eigenvalue weighted by molar-refractivity contribution is 7.20. The molecule has 0 saturated carbocycles. The van der Waals surface area contributed by atoms with Crippen LogP contribution < -0.4 is 21.4 Å². The molecule has 2 aromatic heterocycles. The zero-order chi connectivity index (χ0) is 22.5. The fraction of sp³-hybridized carbons (Fsp3) is 0.318. The number of thiazole rings is 1. The average Bonchev–Trinajstić information content (AvgIpc) is 3.51. The van der Waals surface area contributed by atoms with Crippen molar-refractivity contribution in [3.05, 3.63) is 52.3 Å². The molecule has 1 unspecified atom stereocenters. The molecule has 4 rings (SSSR count). The van der Waals surface area contributed by atoms with E-state index in [1.165, 1.54) is 11.3 Å². The van der Waals surface area contributed by atoms with Crippen LogP contribution in [-0.4, -0.2) is 41.6 Å². The Labute approximate surface area is 194 Å². The number of nitrogens with zero attached hydrogens (tertiary/aromatic N) is 2. The van der Waals surface area contributed by atoms with Crippen LogP contribution in [-0.2, 0) is 0 Å². The van der Waals surface area contributed by atoms with Crippen LogP contribution in [0.4, 0.5) is 11.4 Å². The Bertz CT molecular complexity index is 1080. The number of benzene rings is 1. The Morgan fingerprint density at radius 2 is 2.12 bits per heavy atom. The smallest absolute Gasteiger partial charge is 0.275 e. The lowest BCUT2D eigenvalue weighted by molar-refractivity contribution is 0.0706. The van der Waals surface area contributed by atoms with E-state index in [0.717, 1.165) is 47.9 Å². The summed E-state index contributed by atoms with van der Waals surface area (Å²) in [4.78, 5) is 32.6. The molecule has 0 radical (unpaired) electrons. The lowest BCUT2D eigenvalue weighted by Gasteiger charge is -2.35. The van der Waals surface area contributed by atoms with Crippen molar-refractivity contribution < 1.29 is 14.8 Å². The Kier molecular flexibility index (Phi) is 7.15. The highest BCUT2D eigenvalue weighted by Crippen LogP contribution is 2.33. The number of carbonyl (C=O) groups excluding carboxylic acids is 2. The van der Waals surface area contributed by atoms with Crippen LogP contribution in [0.15, 0.2) is 41.1 Å². The zero-order valence-corrected chi connectivity index (χ0v) is 19.0. The number of rotatable bonds is 7. The number of carbonyl (C=O) groups is 2. The minimum atomic E-state index is -0.597. The van der Waals surface area contributed by atoms with Crippen molar-refractivity contribution in [2.75, 3.05) is 29.9 Å². The van der Waals surface area contributed by atoms with Crippen LogP contribution in [0.3, 0.4) is 0 Å². The van der Waals surface area contributed by atoms with E-state index in [2.05, 4.69) is 15.2 Å². The molecule has 1 fully saturated rings. The van der Waals surface area contributed by atoms with Gasteiger partial charge in [0.15, 0.2) is 0 Å². The van der Waals surface area contributed by atoms with Gasteiger partial charge in [0.1, 0.15) is 10.7 Å². The molecule has 10 heteroatoms. The standard InChI is InChI=1S/C22H25N5O3S2/c23-8-7-14-3-1-9-27(12-14)18-11-15(20(28)26-30)5-6-16(18)24-21(29)17-13-32-22(25-17)19-4-2-10-31-19/h2,4-6,10-11,13-14,30H,1,3,7-9,12,23H2,(H,24,29)(H,26,28). The van der Waals surface area contributed by atoms with Gasteiger partial charge in [-0.25, -0.2) is 10.5 Å². The van der Waals surface area contributed by atoms with Crippen LogP contribution in [0, 0.1) is 5.92 Å². The molecule has 0 aliphatic carbocycles. The van der Waals surface area contributed by atoms with E-state index in [1.807, 2.05) is 17.5 Å². The van der Waals surface area contributed by atoms with Gasteiger partial charge >= 0.3 is 0 Å². The third-order valence-electron chi connectivity index (χ3n) is 5.51. The molecule has 32 heavy (non-hydrogen) atoms. The first-order valence-corrected chi connectivity index (χ1v) is 12.2. The molecule has 8 nitrogen and oxygen atoms in total. The molecule has 0 bridgehead atoms. The van der Waals surface area contributed by atoms with Gasteiger partial charge in [-0.3, -0.25) is 14.8 Å². The van der Waals surface area contributed by atoms with Crippen molar-refractivity contribution in [2.24, 2.45) is 11.7 Å². The normalized spacial score (nSPS) is 16.1. The van der Waals surface area contributed by atoms with Gasteiger partial charge in [0.25, 0.3) is 11.8 Å². The molecular formula is C22H25N5O3S2. The second-order valence-electron chi connectivity index (χ2n) is 7.67. The van der Waals surface area contributed by atoms with E-state index in [4.69, 9.17) is 10.9 Å². The van der Waals surface area contributed by atoms with Crippen molar-refractivity contribution in [3.8, 4) is 9.88 Å². The average molecular weight is 472 g/mol. The molecule has 1 atom stereocenters. The largest absolute Gasteiger partial charge is 0.370 e. The van der Waals surface area contributed by atoms with Crippen LogP contribution in [0.1, 0.15) is 40.1 Å². The van der Waals surface area contributed by atoms with Gasteiger partial charge in [0.05, 0.1) is 16.3 Å². The number of hydrogen-bond acceptors (Lipinski definition) is 8. The summed E-state index contributed by atoms with van der Waals surface area (Å²) in [5.74, 6) is -0.445. The van der Waals surface area contributed by atoms with E-state index in [-0.39, 0.29) is 5.91 Å². The molecule has 2 amide bonds. The second-order valence-corrected chi connectivity index (χ2v) is 9.48. The number of amides is 2. The van der Waals surface area contributed by atoms with Gasteiger partial charge in [-0.2, -0.15) is 0 Å². The van der Waals surface area contributed by atoms with E-state index in [1.54, 1.807) is 40.4 Å². The van der Waals surface area contributed by atoms with Gasteiger partial charge < -0.3 is 16.0 Å². The molecule has 3 aromatic rings. The second kappa shape index (κ2) is 10.2. The summed E-state index contributed by atoms with van der Waals surface area (Å²) in [7, 11) is 0. The molecule has 1 aromatic carbocycles. The minimum absolute atomic E-state index is 0.305.